The molecular formula is C34H22O2Si. The van der Waals surface area contributed by atoms with Gasteiger partial charge in [0.05, 0.1) is 0 Å². The van der Waals surface area contributed by atoms with Crippen molar-refractivity contribution in [1.29, 1.82) is 0 Å². The summed E-state index contributed by atoms with van der Waals surface area (Å²) in [4.78, 5) is 0. The Bertz CT molecular complexity index is 1790. The molecule has 3 heterocycles. The van der Waals surface area contributed by atoms with Crippen LogP contribution in [0.1, 0.15) is 0 Å². The third-order valence-electron chi connectivity index (χ3n) is 7.75. The van der Waals surface area contributed by atoms with E-state index in [-0.39, 0.29) is 0 Å². The van der Waals surface area contributed by atoms with Crippen molar-refractivity contribution < 1.29 is 8.83 Å². The maximum Gasteiger partial charge on any atom is 0.267 e. The van der Waals surface area contributed by atoms with Gasteiger partial charge in [-0.25, -0.2) is 0 Å². The van der Waals surface area contributed by atoms with Crippen molar-refractivity contribution in [3.8, 4) is 22.3 Å². The summed E-state index contributed by atoms with van der Waals surface area (Å²) < 4.78 is 14.0. The van der Waals surface area contributed by atoms with Gasteiger partial charge in [0.2, 0.25) is 0 Å². The van der Waals surface area contributed by atoms with Crippen molar-refractivity contribution in [2.45, 2.75) is 0 Å². The Morgan fingerprint density at radius 1 is 0.378 bits per heavy atom. The summed E-state index contributed by atoms with van der Waals surface area (Å²) in [7, 11) is -3.02. The topological polar surface area (TPSA) is 26.3 Å². The SMILES string of the molecule is c1ccc([Si]2(c3ccccc3)c3oc4ccccc4c3-c3ccccc3-c3c2oc2ccccc32)cc1. The summed E-state index contributed by atoms with van der Waals surface area (Å²) in [5, 5.41) is 6.82. The molecule has 5 aromatic carbocycles. The Labute approximate surface area is 215 Å². The minimum atomic E-state index is -3.02. The number of hydrogen-bond acceptors (Lipinski definition) is 2. The zero-order valence-electron chi connectivity index (χ0n) is 20.0. The number of hydrogen-bond donors (Lipinski definition) is 0. The van der Waals surface area contributed by atoms with Crippen LogP contribution in [-0.4, -0.2) is 8.07 Å². The van der Waals surface area contributed by atoms with E-state index in [0.717, 1.165) is 32.7 Å². The van der Waals surface area contributed by atoms with Crippen molar-refractivity contribution in [1.82, 2.24) is 0 Å². The van der Waals surface area contributed by atoms with Gasteiger partial charge >= 0.3 is 0 Å². The molecule has 0 radical (unpaired) electrons. The zero-order chi connectivity index (χ0) is 24.4. The number of rotatable bonds is 2. The van der Waals surface area contributed by atoms with Gasteiger partial charge in [-0.2, -0.15) is 0 Å². The number of furan rings is 2. The van der Waals surface area contributed by atoms with Gasteiger partial charge in [0.1, 0.15) is 21.9 Å². The van der Waals surface area contributed by atoms with Crippen LogP contribution in [0, 0.1) is 0 Å². The Balaban J connectivity index is 1.70. The Hall–Kier alpha value is -4.60. The molecule has 0 atom stereocenters. The molecular weight excluding hydrogens is 468 g/mol. The predicted molar refractivity (Wildman–Crippen MR) is 154 cm³/mol. The second kappa shape index (κ2) is 7.70. The Kier molecular flexibility index (Phi) is 4.28. The summed E-state index contributed by atoms with van der Waals surface area (Å²) >= 11 is 0. The third-order valence-corrected chi connectivity index (χ3v) is 12.2. The highest BCUT2D eigenvalue weighted by atomic mass is 28.3. The maximum atomic E-state index is 7.01. The second-order valence-corrected chi connectivity index (χ2v) is 13.2. The smallest absolute Gasteiger partial charge is 0.267 e. The van der Waals surface area contributed by atoms with Gasteiger partial charge in [0, 0.05) is 21.9 Å². The van der Waals surface area contributed by atoms with Gasteiger partial charge < -0.3 is 8.83 Å². The lowest BCUT2D eigenvalue weighted by atomic mass is 9.94. The molecule has 1 aliphatic rings. The van der Waals surface area contributed by atoms with Crippen molar-refractivity contribution in [2.24, 2.45) is 0 Å². The van der Waals surface area contributed by atoms with E-state index in [9.17, 15) is 0 Å². The van der Waals surface area contributed by atoms with E-state index in [4.69, 9.17) is 8.83 Å². The fourth-order valence-electron chi connectivity index (χ4n) is 6.24. The number of para-hydroxylation sites is 2. The molecule has 2 aromatic heterocycles. The molecule has 0 bridgehead atoms. The van der Waals surface area contributed by atoms with E-state index in [0.29, 0.717) is 0 Å². The average Bonchev–Trinajstić information content (AvgIpc) is 3.52. The molecule has 1 aliphatic heterocycles. The monoisotopic (exact) mass is 490 g/mol. The lowest BCUT2D eigenvalue weighted by Gasteiger charge is -2.29. The van der Waals surface area contributed by atoms with Crippen molar-refractivity contribution in [3.05, 3.63) is 133 Å². The van der Waals surface area contributed by atoms with E-state index < -0.39 is 8.07 Å². The highest BCUT2D eigenvalue weighted by Crippen LogP contribution is 2.43. The van der Waals surface area contributed by atoms with Gasteiger partial charge in [-0.1, -0.05) is 121 Å². The summed E-state index contributed by atoms with van der Waals surface area (Å²) in [6, 6.07) is 47.3. The van der Waals surface area contributed by atoms with Crippen molar-refractivity contribution in [3.63, 3.8) is 0 Å². The second-order valence-electron chi connectivity index (χ2n) is 9.63. The van der Waals surface area contributed by atoms with Crippen LogP contribution in [0.3, 0.4) is 0 Å². The normalized spacial score (nSPS) is 13.6. The summed E-state index contributed by atoms with van der Waals surface area (Å²) in [5.41, 5.74) is 6.56. The molecule has 8 rings (SSSR count). The molecule has 0 fully saturated rings. The molecule has 0 N–H and O–H groups in total. The van der Waals surface area contributed by atoms with E-state index in [1.807, 2.05) is 0 Å². The van der Waals surface area contributed by atoms with Crippen LogP contribution in [0.25, 0.3) is 44.2 Å². The van der Waals surface area contributed by atoms with Gasteiger partial charge in [0.15, 0.2) is 0 Å². The standard InChI is InChI=1S/C34H22O2Si/c1-3-13-23(14-4-1)37(24-15-5-2-6-16-24)33-31(27-19-9-11-21-29(27)35-33)25-17-7-8-18-26(25)32-28-20-10-12-22-30(28)36-34(32)37/h1-22H. The van der Waals surface area contributed by atoms with Gasteiger partial charge in [0.25, 0.3) is 8.07 Å². The van der Waals surface area contributed by atoms with E-state index in [1.165, 1.54) is 32.6 Å². The molecule has 0 aliphatic carbocycles. The molecule has 174 valence electrons. The molecule has 37 heavy (non-hydrogen) atoms. The number of benzene rings is 5. The summed E-state index contributed by atoms with van der Waals surface area (Å²) in [5.74, 6) is 0. The average molecular weight is 491 g/mol. The fourth-order valence-corrected chi connectivity index (χ4v) is 11.0. The molecule has 0 saturated carbocycles. The lowest BCUT2D eigenvalue weighted by molar-refractivity contribution is 0.637. The van der Waals surface area contributed by atoms with Crippen LogP contribution in [0.5, 0.6) is 0 Å². The third kappa shape index (κ3) is 2.69. The van der Waals surface area contributed by atoms with Crippen LogP contribution < -0.4 is 21.1 Å². The van der Waals surface area contributed by atoms with Crippen LogP contribution in [-0.2, 0) is 0 Å². The van der Waals surface area contributed by atoms with E-state index in [1.54, 1.807) is 0 Å². The summed E-state index contributed by atoms with van der Waals surface area (Å²) in [6.07, 6.45) is 0. The van der Waals surface area contributed by atoms with Crippen LogP contribution in [0.15, 0.2) is 142 Å². The quantitative estimate of drug-likeness (QED) is 0.270. The van der Waals surface area contributed by atoms with Gasteiger partial charge in [-0.3, -0.25) is 0 Å². The molecule has 0 spiro atoms. The summed E-state index contributed by atoms with van der Waals surface area (Å²) in [6.45, 7) is 0. The fraction of sp³-hybridized carbons (Fsp3) is 0. The first-order valence-corrected chi connectivity index (χ1v) is 14.6. The van der Waals surface area contributed by atoms with Crippen molar-refractivity contribution >= 4 is 51.2 Å². The molecule has 3 heteroatoms. The first-order chi connectivity index (χ1) is 18.4. The van der Waals surface area contributed by atoms with E-state index in [2.05, 4.69) is 133 Å². The number of fused-ring (bicyclic) bond motifs is 9. The minimum Gasteiger partial charge on any atom is -0.464 e. The largest absolute Gasteiger partial charge is 0.464 e. The first kappa shape index (κ1) is 20.6. The molecule has 0 saturated heterocycles. The highest BCUT2D eigenvalue weighted by Gasteiger charge is 2.53. The molecule has 0 unspecified atom stereocenters. The van der Waals surface area contributed by atoms with Crippen LogP contribution in [0.2, 0.25) is 0 Å². The van der Waals surface area contributed by atoms with Crippen LogP contribution in [0.4, 0.5) is 0 Å². The van der Waals surface area contributed by atoms with E-state index >= 15 is 0 Å². The zero-order valence-corrected chi connectivity index (χ0v) is 21.0. The lowest BCUT2D eigenvalue weighted by Crippen LogP contribution is -2.74. The predicted octanol–water partition coefficient (Wildman–Crippen LogP) is 6.20. The maximum absolute atomic E-state index is 7.01. The Morgan fingerprint density at radius 3 is 1.22 bits per heavy atom. The Morgan fingerprint density at radius 2 is 0.757 bits per heavy atom. The van der Waals surface area contributed by atoms with Crippen molar-refractivity contribution in [2.75, 3.05) is 0 Å². The molecule has 0 amide bonds. The first-order valence-electron chi connectivity index (χ1n) is 12.6. The highest BCUT2D eigenvalue weighted by molar-refractivity contribution is 7.20. The van der Waals surface area contributed by atoms with Crippen LogP contribution >= 0.6 is 0 Å². The minimum absolute atomic E-state index is 0.908. The van der Waals surface area contributed by atoms with Gasteiger partial charge in [-0.15, -0.1) is 0 Å². The molecule has 7 aromatic rings. The molecule has 2 nitrogen and oxygen atoms in total. The van der Waals surface area contributed by atoms with Gasteiger partial charge in [-0.05, 0) is 33.6 Å².